The van der Waals surface area contributed by atoms with Crippen LogP contribution in [0, 0.1) is 6.92 Å². The van der Waals surface area contributed by atoms with E-state index in [1.165, 1.54) is 0 Å². The number of benzene rings is 1. The summed E-state index contributed by atoms with van der Waals surface area (Å²) in [4.78, 5) is 25.9. The molecule has 1 aromatic carbocycles. The Morgan fingerprint density at radius 3 is 2.59 bits per heavy atom. The molecule has 0 aliphatic heterocycles. The number of hydrogen-bond acceptors (Lipinski definition) is 6. The van der Waals surface area contributed by atoms with Crippen molar-refractivity contribution in [3.63, 3.8) is 0 Å². The van der Waals surface area contributed by atoms with Gasteiger partial charge in [0.05, 0.1) is 22.3 Å². The summed E-state index contributed by atoms with van der Waals surface area (Å²) in [5.41, 5.74) is 3.71. The van der Waals surface area contributed by atoms with Gasteiger partial charge in [-0.3, -0.25) is 9.48 Å². The van der Waals surface area contributed by atoms with Gasteiger partial charge in [-0.15, -0.1) is 0 Å². The van der Waals surface area contributed by atoms with Gasteiger partial charge in [-0.1, -0.05) is 30.3 Å². The number of aromatic nitrogens is 5. The van der Waals surface area contributed by atoms with Gasteiger partial charge in [-0.05, 0) is 19.1 Å². The number of rotatable bonds is 6. The van der Waals surface area contributed by atoms with Crippen molar-refractivity contribution in [2.45, 2.75) is 6.92 Å². The third kappa shape index (κ3) is 3.91. The molecule has 146 valence electrons. The van der Waals surface area contributed by atoms with Gasteiger partial charge in [0, 0.05) is 38.1 Å². The molecule has 1 amide bonds. The van der Waals surface area contributed by atoms with E-state index in [2.05, 4.69) is 25.7 Å². The zero-order valence-electron chi connectivity index (χ0n) is 16.3. The number of aryl methyl sites for hydroxylation is 2. The van der Waals surface area contributed by atoms with Crippen LogP contribution in [0.4, 0.5) is 5.95 Å². The first-order chi connectivity index (χ1) is 14.1. The first-order valence-electron chi connectivity index (χ1n) is 9.32. The molecule has 0 bridgehead atoms. The van der Waals surface area contributed by atoms with E-state index in [0.29, 0.717) is 30.2 Å². The van der Waals surface area contributed by atoms with Gasteiger partial charge in [0.2, 0.25) is 5.95 Å². The van der Waals surface area contributed by atoms with Gasteiger partial charge < -0.3 is 10.6 Å². The molecule has 0 radical (unpaired) electrons. The van der Waals surface area contributed by atoms with E-state index < -0.39 is 0 Å². The lowest BCUT2D eigenvalue weighted by molar-refractivity contribution is 0.0956. The second-order valence-electron chi connectivity index (χ2n) is 6.58. The Balaban J connectivity index is 1.59. The smallest absolute Gasteiger partial charge is 0.252 e. The molecule has 8 heteroatoms. The molecule has 0 spiro atoms. The van der Waals surface area contributed by atoms with Crippen molar-refractivity contribution in [1.29, 1.82) is 0 Å². The second kappa shape index (κ2) is 8.05. The van der Waals surface area contributed by atoms with Crippen molar-refractivity contribution >= 4 is 22.9 Å². The van der Waals surface area contributed by atoms with Crippen LogP contribution < -0.4 is 10.6 Å². The minimum absolute atomic E-state index is 0.165. The van der Waals surface area contributed by atoms with Crippen molar-refractivity contribution in [1.82, 2.24) is 30.0 Å². The van der Waals surface area contributed by atoms with E-state index in [1.807, 2.05) is 50.4 Å². The summed E-state index contributed by atoms with van der Waals surface area (Å²) in [6, 6.07) is 13.4. The Hall–Kier alpha value is -3.81. The van der Waals surface area contributed by atoms with E-state index in [4.69, 9.17) is 4.98 Å². The lowest BCUT2D eigenvalue weighted by Crippen LogP contribution is -2.29. The van der Waals surface area contributed by atoms with Crippen LogP contribution in [0.2, 0.25) is 0 Å². The highest BCUT2D eigenvalue weighted by Crippen LogP contribution is 2.26. The van der Waals surface area contributed by atoms with E-state index >= 15 is 0 Å². The van der Waals surface area contributed by atoms with Gasteiger partial charge >= 0.3 is 0 Å². The molecule has 3 aromatic heterocycles. The maximum atomic E-state index is 13.0. The highest BCUT2D eigenvalue weighted by molar-refractivity contribution is 6.07. The molecule has 2 N–H and O–H groups in total. The largest absolute Gasteiger partial charge is 0.352 e. The van der Waals surface area contributed by atoms with Gasteiger partial charge in [-0.25, -0.2) is 15.0 Å². The predicted octanol–water partition coefficient (Wildman–Crippen LogP) is 2.58. The molecule has 29 heavy (non-hydrogen) atoms. The van der Waals surface area contributed by atoms with E-state index in [9.17, 15) is 4.79 Å². The molecule has 3 heterocycles. The molecule has 4 rings (SSSR count). The molecule has 4 aromatic rings. The maximum absolute atomic E-state index is 13.0. The number of anilines is 1. The minimum atomic E-state index is -0.165. The quantitative estimate of drug-likeness (QED) is 0.494. The van der Waals surface area contributed by atoms with Crippen LogP contribution in [0.15, 0.2) is 54.9 Å². The summed E-state index contributed by atoms with van der Waals surface area (Å²) in [5, 5.41) is 11.2. The zero-order valence-corrected chi connectivity index (χ0v) is 16.3. The van der Waals surface area contributed by atoms with Gasteiger partial charge in [-0.2, -0.15) is 5.10 Å². The van der Waals surface area contributed by atoms with E-state index in [1.54, 1.807) is 23.1 Å². The summed E-state index contributed by atoms with van der Waals surface area (Å²) in [7, 11) is 1.84. The second-order valence-corrected chi connectivity index (χ2v) is 6.58. The third-order valence-electron chi connectivity index (χ3n) is 4.54. The summed E-state index contributed by atoms with van der Waals surface area (Å²) >= 11 is 0. The average Bonchev–Trinajstić information content (AvgIpc) is 3.05. The van der Waals surface area contributed by atoms with Crippen molar-refractivity contribution in [3.05, 3.63) is 66.1 Å². The standard InChI is InChI=1S/C21H21N7O/c1-14-18-16(20(29)22-11-12-25-21-23-9-6-10-24-21)13-17(15-7-4-3-5-8-15)26-19(18)28(2)27-14/h3-10,13H,11-12H2,1-2H3,(H,22,29)(H,23,24,25). The fourth-order valence-corrected chi connectivity index (χ4v) is 3.22. The van der Waals surface area contributed by atoms with E-state index in [-0.39, 0.29) is 5.91 Å². The number of hydrogen-bond donors (Lipinski definition) is 2. The monoisotopic (exact) mass is 387 g/mol. The van der Waals surface area contributed by atoms with Crippen LogP contribution in [0.25, 0.3) is 22.3 Å². The predicted molar refractivity (Wildman–Crippen MR) is 112 cm³/mol. The number of nitrogens with zero attached hydrogens (tertiary/aromatic N) is 5. The molecule has 0 unspecified atom stereocenters. The number of fused-ring (bicyclic) bond motifs is 1. The highest BCUT2D eigenvalue weighted by Gasteiger charge is 2.19. The van der Waals surface area contributed by atoms with Crippen LogP contribution in [-0.4, -0.2) is 43.7 Å². The molecule has 0 aliphatic rings. The Labute approximate surface area is 168 Å². The lowest BCUT2D eigenvalue weighted by atomic mass is 10.0. The number of amides is 1. The molecular formula is C21H21N7O. The SMILES string of the molecule is Cc1nn(C)c2nc(-c3ccccc3)cc(C(=O)NCCNc3ncccn3)c12. The highest BCUT2D eigenvalue weighted by atomic mass is 16.1. The summed E-state index contributed by atoms with van der Waals surface area (Å²) in [5.74, 6) is 0.365. The Kier molecular flexibility index (Phi) is 5.15. The summed E-state index contributed by atoms with van der Waals surface area (Å²) in [6.07, 6.45) is 3.33. The Bertz CT molecular complexity index is 1140. The van der Waals surface area contributed by atoms with Crippen LogP contribution in [0.3, 0.4) is 0 Å². The van der Waals surface area contributed by atoms with Gasteiger partial charge in [0.25, 0.3) is 5.91 Å². The van der Waals surface area contributed by atoms with Crippen molar-refractivity contribution in [2.75, 3.05) is 18.4 Å². The molecule has 0 aliphatic carbocycles. The van der Waals surface area contributed by atoms with Crippen LogP contribution in [-0.2, 0) is 7.05 Å². The first kappa shape index (κ1) is 18.5. The number of carbonyl (C=O) groups is 1. The Morgan fingerprint density at radius 1 is 1.07 bits per heavy atom. The van der Waals surface area contributed by atoms with Crippen molar-refractivity contribution < 1.29 is 4.79 Å². The van der Waals surface area contributed by atoms with Crippen molar-refractivity contribution in [3.8, 4) is 11.3 Å². The molecular weight excluding hydrogens is 366 g/mol. The normalized spacial score (nSPS) is 10.8. The molecule has 0 saturated carbocycles. The lowest BCUT2D eigenvalue weighted by Gasteiger charge is -2.10. The fraction of sp³-hybridized carbons (Fsp3) is 0.190. The average molecular weight is 387 g/mol. The molecule has 0 saturated heterocycles. The minimum Gasteiger partial charge on any atom is -0.352 e. The van der Waals surface area contributed by atoms with Crippen LogP contribution >= 0.6 is 0 Å². The fourth-order valence-electron chi connectivity index (χ4n) is 3.22. The third-order valence-corrected chi connectivity index (χ3v) is 4.54. The van der Waals surface area contributed by atoms with Gasteiger partial charge in [0.15, 0.2) is 5.65 Å². The van der Waals surface area contributed by atoms with E-state index in [0.717, 1.165) is 22.3 Å². The summed E-state index contributed by atoms with van der Waals surface area (Å²) < 4.78 is 1.71. The first-order valence-corrected chi connectivity index (χ1v) is 9.32. The topological polar surface area (TPSA) is 97.6 Å². The zero-order chi connectivity index (χ0) is 20.2. The number of pyridine rings is 1. The number of nitrogens with one attached hydrogen (secondary N) is 2. The molecule has 0 atom stereocenters. The summed E-state index contributed by atoms with van der Waals surface area (Å²) in [6.45, 7) is 2.83. The Morgan fingerprint density at radius 2 is 1.83 bits per heavy atom. The maximum Gasteiger partial charge on any atom is 0.252 e. The van der Waals surface area contributed by atoms with Gasteiger partial charge in [0.1, 0.15) is 0 Å². The van der Waals surface area contributed by atoms with Crippen LogP contribution in [0.5, 0.6) is 0 Å². The van der Waals surface area contributed by atoms with Crippen LogP contribution in [0.1, 0.15) is 16.1 Å². The molecule has 8 nitrogen and oxygen atoms in total. The number of carbonyl (C=O) groups excluding carboxylic acids is 1. The molecule has 0 fully saturated rings. The van der Waals surface area contributed by atoms with Crippen molar-refractivity contribution in [2.24, 2.45) is 7.05 Å².